The number of benzene rings is 3. The Hall–Kier alpha value is -3.75. The van der Waals surface area contributed by atoms with Crippen LogP contribution in [0.1, 0.15) is 5.56 Å². The number of anilines is 1. The maximum Gasteiger partial charge on any atom is 0.181 e. The third-order valence-corrected chi connectivity index (χ3v) is 6.96. The molecule has 5 rings (SSSR count). The predicted molar refractivity (Wildman–Crippen MR) is 135 cm³/mol. The molecule has 3 aromatic carbocycles. The van der Waals surface area contributed by atoms with Crippen LogP contribution in [0.5, 0.6) is 5.75 Å². The van der Waals surface area contributed by atoms with Gasteiger partial charge in [0.25, 0.3) is 0 Å². The molecule has 35 heavy (non-hydrogen) atoms. The molecule has 0 bridgehead atoms. The number of fused-ring (bicyclic) bond motifs is 1. The van der Waals surface area contributed by atoms with Gasteiger partial charge in [0.1, 0.15) is 17.8 Å². The number of nitrogens with one attached hydrogen (secondary N) is 1. The number of halogens is 2. The fraction of sp³-hybridized carbons (Fsp3) is 0.0769. The van der Waals surface area contributed by atoms with Gasteiger partial charge >= 0.3 is 0 Å². The first-order chi connectivity index (χ1) is 16.9. The zero-order chi connectivity index (χ0) is 24.5. The van der Waals surface area contributed by atoms with Gasteiger partial charge in [0.05, 0.1) is 17.5 Å². The lowest BCUT2D eigenvalue weighted by Gasteiger charge is -2.17. The number of aromatic nitrogens is 2. The number of aryl methyl sites for hydroxylation is 1. The molecule has 0 aliphatic rings. The lowest BCUT2D eigenvalue weighted by Crippen LogP contribution is -2.05. The molecule has 0 saturated heterocycles. The normalized spacial score (nSPS) is 12.0. The van der Waals surface area contributed by atoms with E-state index in [1.165, 1.54) is 18.4 Å². The van der Waals surface area contributed by atoms with E-state index in [0.29, 0.717) is 38.1 Å². The summed E-state index contributed by atoms with van der Waals surface area (Å²) >= 11 is 6.68. The van der Waals surface area contributed by atoms with Crippen molar-refractivity contribution in [3.63, 3.8) is 0 Å². The Labute approximate surface area is 208 Å². The van der Waals surface area contributed by atoms with Gasteiger partial charge in [0.15, 0.2) is 16.8 Å². The molecular weight excluding hydrogens is 489 g/mol. The summed E-state index contributed by atoms with van der Waals surface area (Å²) in [4.78, 5) is 5.08. The van der Waals surface area contributed by atoms with E-state index in [4.69, 9.17) is 20.9 Å². The highest BCUT2D eigenvalue weighted by atomic mass is 35.5. The van der Waals surface area contributed by atoms with E-state index in [2.05, 4.69) is 14.9 Å². The number of hydrogen-bond donors (Lipinski definition) is 1. The highest BCUT2D eigenvalue weighted by Gasteiger charge is 2.18. The highest BCUT2D eigenvalue weighted by molar-refractivity contribution is 7.86. The van der Waals surface area contributed by atoms with Crippen LogP contribution in [0.3, 0.4) is 0 Å². The summed E-state index contributed by atoms with van der Waals surface area (Å²) in [6.07, 6.45) is 3.15. The average molecular weight is 508 g/mol. The highest BCUT2D eigenvalue weighted by Crippen LogP contribution is 2.42. The molecule has 2 aromatic heterocycles. The summed E-state index contributed by atoms with van der Waals surface area (Å²) in [6, 6.07) is 16.9. The Morgan fingerprint density at radius 1 is 1.09 bits per heavy atom. The number of ether oxygens (including phenoxy) is 1. The molecule has 0 aliphatic carbocycles. The van der Waals surface area contributed by atoms with Crippen LogP contribution >= 0.6 is 11.6 Å². The number of rotatable bonds is 6. The van der Waals surface area contributed by atoms with Crippen LogP contribution in [0.2, 0.25) is 5.02 Å². The van der Waals surface area contributed by atoms with Crippen molar-refractivity contribution in [2.45, 2.75) is 11.8 Å². The molecule has 5 aromatic rings. The van der Waals surface area contributed by atoms with Gasteiger partial charge in [0, 0.05) is 33.8 Å². The monoisotopic (exact) mass is 507 g/mol. The van der Waals surface area contributed by atoms with E-state index in [-0.39, 0.29) is 5.82 Å². The molecule has 176 valence electrons. The predicted octanol–water partition coefficient (Wildman–Crippen LogP) is 6.80. The Morgan fingerprint density at radius 2 is 1.94 bits per heavy atom. The quantitative estimate of drug-likeness (QED) is 0.273. The van der Waals surface area contributed by atoms with Gasteiger partial charge in [-0.05, 0) is 60.0 Å². The number of nitrogens with zero attached hydrogens (tertiary/aromatic N) is 2. The summed E-state index contributed by atoms with van der Waals surface area (Å²) < 4.78 is 39.8. The third-order valence-electron chi connectivity index (χ3n) is 5.57. The van der Waals surface area contributed by atoms with Crippen molar-refractivity contribution in [1.29, 1.82) is 0 Å². The van der Waals surface area contributed by atoms with E-state index in [9.17, 15) is 8.60 Å². The van der Waals surface area contributed by atoms with Crippen LogP contribution < -0.4 is 9.46 Å². The zero-order valence-electron chi connectivity index (χ0n) is 18.7. The van der Waals surface area contributed by atoms with Crippen LogP contribution in [0.25, 0.3) is 33.2 Å². The van der Waals surface area contributed by atoms with E-state index < -0.39 is 11.0 Å². The molecule has 0 fully saturated rings. The van der Waals surface area contributed by atoms with Gasteiger partial charge in [-0.2, -0.15) is 0 Å². The standard InChI is InChI=1S/C26H19ClFN3O3S/c1-15-14-29-23-11-18(35(32)31-25-8-9-34-30-25)6-7-19(23)26(15)21-12-22(27)20(13-24(21)33-2)16-4-3-5-17(28)10-16/h3-14H,1-2H3,(H,30,31). The Bertz CT molecular complexity index is 1570. The first kappa shape index (κ1) is 23.0. The molecule has 9 heteroatoms. The molecule has 0 radical (unpaired) electrons. The summed E-state index contributed by atoms with van der Waals surface area (Å²) in [5, 5.41) is 5.04. The molecule has 2 heterocycles. The van der Waals surface area contributed by atoms with E-state index in [1.54, 1.807) is 43.6 Å². The number of pyridine rings is 1. The maximum atomic E-state index is 13.8. The molecule has 1 unspecified atom stereocenters. The topological polar surface area (TPSA) is 77.2 Å². The minimum Gasteiger partial charge on any atom is -0.496 e. The van der Waals surface area contributed by atoms with Gasteiger partial charge in [-0.25, -0.2) is 8.60 Å². The third kappa shape index (κ3) is 4.50. The van der Waals surface area contributed by atoms with Gasteiger partial charge in [-0.1, -0.05) is 35.0 Å². The zero-order valence-corrected chi connectivity index (χ0v) is 20.3. The van der Waals surface area contributed by atoms with Gasteiger partial charge in [-0.3, -0.25) is 9.71 Å². The van der Waals surface area contributed by atoms with Crippen LogP contribution in [0.15, 0.2) is 82.5 Å². The SMILES string of the molecule is COc1cc(-c2cccc(F)c2)c(Cl)cc1-c1c(C)cnc2cc(S(=O)Nc3ccon3)ccc12. The molecular formula is C26H19ClFN3O3S. The average Bonchev–Trinajstić information content (AvgIpc) is 3.36. The van der Waals surface area contributed by atoms with Crippen molar-refractivity contribution >= 4 is 39.3 Å². The van der Waals surface area contributed by atoms with Crippen LogP contribution in [-0.4, -0.2) is 21.5 Å². The Balaban J connectivity index is 1.61. The van der Waals surface area contributed by atoms with Crippen molar-refractivity contribution in [2.75, 3.05) is 11.8 Å². The minimum atomic E-state index is -1.55. The summed E-state index contributed by atoms with van der Waals surface area (Å²) in [5.74, 6) is 0.618. The smallest absolute Gasteiger partial charge is 0.181 e. The van der Waals surface area contributed by atoms with Crippen molar-refractivity contribution < 1.29 is 17.9 Å². The first-order valence-corrected chi connectivity index (χ1v) is 12.1. The summed E-state index contributed by atoms with van der Waals surface area (Å²) in [6.45, 7) is 1.95. The second-order valence-electron chi connectivity index (χ2n) is 7.79. The van der Waals surface area contributed by atoms with Crippen molar-refractivity contribution in [3.8, 4) is 28.0 Å². The van der Waals surface area contributed by atoms with E-state index >= 15 is 0 Å². The second kappa shape index (κ2) is 9.48. The molecule has 1 N–H and O–H groups in total. The molecule has 0 amide bonds. The summed E-state index contributed by atoms with van der Waals surface area (Å²) in [7, 11) is 0.0308. The molecule has 0 saturated carbocycles. The van der Waals surface area contributed by atoms with Crippen molar-refractivity contribution in [3.05, 3.63) is 89.5 Å². The van der Waals surface area contributed by atoms with E-state index in [1.807, 2.05) is 25.1 Å². The molecule has 0 spiro atoms. The van der Waals surface area contributed by atoms with Crippen molar-refractivity contribution in [1.82, 2.24) is 10.1 Å². The van der Waals surface area contributed by atoms with Crippen molar-refractivity contribution in [2.24, 2.45) is 0 Å². The van der Waals surface area contributed by atoms with Gasteiger partial charge in [0.2, 0.25) is 0 Å². The Kier molecular flexibility index (Phi) is 6.23. The largest absolute Gasteiger partial charge is 0.496 e. The van der Waals surface area contributed by atoms with Gasteiger partial charge in [-0.15, -0.1) is 0 Å². The van der Waals surface area contributed by atoms with Crippen LogP contribution in [-0.2, 0) is 11.0 Å². The van der Waals surface area contributed by atoms with Crippen LogP contribution in [0.4, 0.5) is 10.2 Å². The molecule has 1 atom stereocenters. The minimum absolute atomic E-state index is 0.344. The molecule has 6 nitrogen and oxygen atoms in total. The number of hydrogen-bond acceptors (Lipinski definition) is 5. The maximum absolute atomic E-state index is 13.8. The second-order valence-corrected chi connectivity index (χ2v) is 9.41. The molecule has 0 aliphatic heterocycles. The number of methoxy groups -OCH3 is 1. The fourth-order valence-electron chi connectivity index (χ4n) is 3.96. The summed E-state index contributed by atoms with van der Waals surface area (Å²) in [5.41, 5.74) is 4.56. The fourth-order valence-corrected chi connectivity index (χ4v) is 5.06. The Morgan fingerprint density at radius 3 is 2.69 bits per heavy atom. The van der Waals surface area contributed by atoms with E-state index in [0.717, 1.165) is 22.1 Å². The lowest BCUT2D eigenvalue weighted by molar-refractivity contribution is 0.416. The van der Waals surface area contributed by atoms with Gasteiger partial charge < -0.3 is 9.26 Å². The lowest BCUT2D eigenvalue weighted by atomic mass is 9.94. The first-order valence-electron chi connectivity index (χ1n) is 10.6. The van der Waals surface area contributed by atoms with Crippen LogP contribution in [0, 0.1) is 12.7 Å².